The van der Waals surface area contributed by atoms with Gasteiger partial charge >= 0.3 is 6.09 Å². The van der Waals surface area contributed by atoms with Crippen molar-refractivity contribution in [3.8, 4) is 0 Å². The van der Waals surface area contributed by atoms with Crippen LogP contribution in [-0.4, -0.2) is 33.8 Å². The van der Waals surface area contributed by atoms with Gasteiger partial charge in [-0.05, 0) is 27.2 Å². The summed E-state index contributed by atoms with van der Waals surface area (Å²) >= 11 is 0. The standard InChI is InChI=1S/C16H30N4O2/c1-6-7-8-13(11-19-15(21)22-16(2,3)4)18-12-14-17-9-10-20(14)5/h9-10,13,18H,6-8,11-12H2,1-5H3,(H,19,21). The van der Waals surface area contributed by atoms with Crippen LogP contribution in [-0.2, 0) is 18.3 Å². The predicted octanol–water partition coefficient (Wildman–Crippen LogP) is 2.59. The van der Waals surface area contributed by atoms with E-state index in [-0.39, 0.29) is 12.1 Å². The highest BCUT2D eigenvalue weighted by Crippen LogP contribution is 2.07. The minimum absolute atomic E-state index is 0.212. The largest absolute Gasteiger partial charge is 0.444 e. The first-order valence-electron chi connectivity index (χ1n) is 7.98. The van der Waals surface area contributed by atoms with Gasteiger partial charge in [-0.2, -0.15) is 0 Å². The van der Waals surface area contributed by atoms with Crippen molar-refractivity contribution in [3.63, 3.8) is 0 Å². The molecule has 0 aliphatic rings. The van der Waals surface area contributed by atoms with Crippen LogP contribution < -0.4 is 10.6 Å². The van der Waals surface area contributed by atoms with Gasteiger partial charge in [0, 0.05) is 32.0 Å². The fraction of sp³-hybridized carbons (Fsp3) is 0.750. The molecule has 0 spiro atoms. The summed E-state index contributed by atoms with van der Waals surface area (Å²) < 4.78 is 7.26. The van der Waals surface area contributed by atoms with Crippen molar-refractivity contribution in [1.82, 2.24) is 20.2 Å². The van der Waals surface area contributed by atoms with E-state index in [0.717, 1.165) is 25.1 Å². The third kappa shape index (κ3) is 7.45. The van der Waals surface area contributed by atoms with Crippen LogP contribution in [0.25, 0.3) is 0 Å². The summed E-state index contributed by atoms with van der Waals surface area (Å²) in [5.41, 5.74) is -0.469. The zero-order valence-electron chi connectivity index (χ0n) is 14.5. The molecule has 0 aromatic carbocycles. The minimum atomic E-state index is -0.469. The van der Waals surface area contributed by atoms with E-state index in [9.17, 15) is 4.79 Å². The van der Waals surface area contributed by atoms with Gasteiger partial charge in [-0.25, -0.2) is 9.78 Å². The molecule has 126 valence electrons. The first-order chi connectivity index (χ1) is 10.3. The number of nitrogens with one attached hydrogen (secondary N) is 2. The lowest BCUT2D eigenvalue weighted by Gasteiger charge is -2.22. The van der Waals surface area contributed by atoms with E-state index in [1.54, 1.807) is 6.20 Å². The highest BCUT2D eigenvalue weighted by atomic mass is 16.6. The number of hydrogen-bond acceptors (Lipinski definition) is 4. The predicted molar refractivity (Wildman–Crippen MR) is 87.6 cm³/mol. The van der Waals surface area contributed by atoms with Gasteiger partial charge in [-0.3, -0.25) is 0 Å². The summed E-state index contributed by atoms with van der Waals surface area (Å²) in [6.07, 6.45) is 6.61. The Morgan fingerprint density at radius 3 is 2.73 bits per heavy atom. The topological polar surface area (TPSA) is 68.2 Å². The number of hydrogen-bond donors (Lipinski definition) is 2. The SMILES string of the molecule is CCCCC(CNC(=O)OC(C)(C)C)NCc1nccn1C. The van der Waals surface area contributed by atoms with E-state index in [0.29, 0.717) is 13.1 Å². The second-order valence-electron chi connectivity index (χ2n) is 6.56. The number of imidazole rings is 1. The van der Waals surface area contributed by atoms with Gasteiger partial charge in [-0.1, -0.05) is 19.8 Å². The molecule has 0 saturated carbocycles. The molecule has 1 atom stereocenters. The van der Waals surface area contributed by atoms with E-state index in [1.165, 1.54) is 0 Å². The maximum atomic E-state index is 11.7. The van der Waals surface area contributed by atoms with E-state index < -0.39 is 5.60 Å². The fourth-order valence-corrected chi connectivity index (χ4v) is 2.05. The summed E-state index contributed by atoms with van der Waals surface area (Å²) in [6.45, 7) is 8.99. The van der Waals surface area contributed by atoms with Crippen LogP contribution in [0.1, 0.15) is 52.8 Å². The maximum absolute atomic E-state index is 11.7. The number of carbonyl (C=O) groups is 1. The molecule has 22 heavy (non-hydrogen) atoms. The molecule has 1 unspecified atom stereocenters. The molecule has 1 aromatic rings. The average Bonchev–Trinajstić information content (AvgIpc) is 2.81. The van der Waals surface area contributed by atoms with Crippen LogP contribution in [0.4, 0.5) is 4.79 Å². The number of amides is 1. The zero-order valence-corrected chi connectivity index (χ0v) is 14.5. The molecular formula is C16H30N4O2. The highest BCUT2D eigenvalue weighted by molar-refractivity contribution is 5.67. The average molecular weight is 310 g/mol. The highest BCUT2D eigenvalue weighted by Gasteiger charge is 2.17. The van der Waals surface area contributed by atoms with Crippen LogP contribution in [0, 0.1) is 0 Å². The van der Waals surface area contributed by atoms with Crippen molar-refractivity contribution in [2.24, 2.45) is 7.05 Å². The molecular weight excluding hydrogens is 280 g/mol. The van der Waals surface area contributed by atoms with Gasteiger partial charge in [0.15, 0.2) is 0 Å². The summed E-state index contributed by atoms with van der Waals surface area (Å²) in [5.74, 6) is 0.985. The van der Waals surface area contributed by atoms with Crippen molar-refractivity contribution < 1.29 is 9.53 Å². The van der Waals surface area contributed by atoms with Crippen molar-refractivity contribution in [1.29, 1.82) is 0 Å². The molecule has 0 saturated heterocycles. The molecule has 1 amide bonds. The number of carbonyl (C=O) groups excluding carboxylic acids is 1. The second-order valence-corrected chi connectivity index (χ2v) is 6.56. The minimum Gasteiger partial charge on any atom is -0.444 e. The molecule has 1 aromatic heterocycles. The number of rotatable bonds is 8. The number of unbranched alkanes of at least 4 members (excludes halogenated alkanes) is 1. The zero-order chi connectivity index (χ0) is 16.6. The third-order valence-electron chi connectivity index (χ3n) is 3.27. The van der Waals surface area contributed by atoms with Gasteiger partial charge in [0.25, 0.3) is 0 Å². The summed E-state index contributed by atoms with van der Waals surface area (Å²) in [6, 6.07) is 0.212. The Hall–Kier alpha value is -1.56. The first-order valence-corrected chi connectivity index (χ1v) is 7.98. The summed E-state index contributed by atoms with van der Waals surface area (Å²) in [5, 5.41) is 6.30. The second kappa shape index (κ2) is 8.78. The van der Waals surface area contributed by atoms with Gasteiger partial charge in [0.05, 0.1) is 6.54 Å². The Morgan fingerprint density at radius 2 is 2.18 bits per heavy atom. The Balaban J connectivity index is 2.43. The number of aryl methyl sites for hydroxylation is 1. The van der Waals surface area contributed by atoms with Crippen LogP contribution in [0.15, 0.2) is 12.4 Å². The molecule has 0 fully saturated rings. The lowest BCUT2D eigenvalue weighted by molar-refractivity contribution is 0.0521. The van der Waals surface area contributed by atoms with Crippen molar-refractivity contribution in [2.75, 3.05) is 6.54 Å². The molecule has 6 nitrogen and oxygen atoms in total. The molecule has 0 radical (unpaired) electrons. The van der Waals surface area contributed by atoms with Crippen molar-refractivity contribution in [2.45, 2.75) is 65.1 Å². The number of ether oxygens (including phenoxy) is 1. The van der Waals surface area contributed by atoms with Gasteiger partial charge in [0.1, 0.15) is 11.4 Å². The Bertz CT molecular complexity index is 451. The Labute approximate surface area is 133 Å². The van der Waals surface area contributed by atoms with Gasteiger partial charge < -0.3 is 19.9 Å². The van der Waals surface area contributed by atoms with Crippen LogP contribution in [0.5, 0.6) is 0 Å². The van der Waals surface area contributed by atoms with E-state index in [4.69, 9.17) is 4.74 Å². The van der Waals surface area contributed by atoms with Gasteiger partial charge in [-0.15, -0.1) is 0 Å². The van der Waals surface area contributed by atoms with Crippen LogP contribution >= 0.6 is 0 Å². The summed E-state index contributed by atoms with van der Waals surface area (Å²) in [4.78, 5) is 16.0. The molecule has 0 aliphatic carbocycles. The molecule has 0 aliphatic heterocycles. The van der Waals surface area contributed by atoms with E-state index >= 15 is 0 Å². The van der Waals surface area contributed by atoms with Crippen LogP contribution in [0.3, 0.4) is 0 Å². The Morgan fingerprint density at radius 1 is 1.45 bits per heavy atom. The lowest BCUT2D eigenvalue weighted by atomic mass is 10.1. The first kappa shape index (κ1) is 18.5. The number of aromatic nitrogens is 2. The van der Waals surface area contributed by atoms with Crippen LogP contribution in [0.2, 0.25) is 0 Å². The van der Waals surface area contributed by atoms with E-state index in [2.05, 4.69) is 22.5 Å². The third-order valence-corrected chi connectivity index (χ3v) is 3.27. The molecule has 0 bridgehead atoms. The van der Waals surface area contributed by atoms with Gasteiger partial charge in [0.2, 0.25) is 0 Å². The van der Waals surface area contributed by atoms with Crippen molar-refractivity contribution in [3.05, 3.63) is 18.2 Å². The molecule has 1 heterocycles. The summed E-state index contributed by atoms with van der Waals surface area (Å²) in [7, 11) is 1.98. The molecule has 6 heteroatoms. The maximum Gasteiger partial charge on any atom is 0.407 e. The number of alkyl carbamates (subject to hydrolysis) is 1. The Kier molecular flexibility index (Phi) is 7.38. The normalized spacial score (nSPS) is 13.0. The number of nitrogens with zero attached hydrogens (tertiary/aromatic N) is 2. The fourth-order valence-electron chi connectivity index (χ4n) is 2.05. The smallest absolute Gasteiger partial charge is 0.407 e. The quantitative estimate of drug-likeness (QED) is 0.774. The molecule has 1 rings (SSSR count). The lowest BCUT2D eigenvalue weighted by Crippen LogP contribution is -2.42. The van der Waals surface area contributed by atoms with Crippen molar-refractivity contribution >= 4 is 6.09 Å². The van der Waals surface area contributed by atoms with E-state index in [1.807, 2.05) is 38.6 Å². The monoisotopic (exact) mass is 310 g/mol. The molecule has 2 N–H and O–H groups in total.